The molecule has 2 fully saturated rings. The fourth-order valence-electron chi connectivity index (χ4n) is 4.88. The van der Waals surface area contributed by atoms with Gasteiger partial charge >= 0.3 is 0 Å². The molecule has 4 heterocycles. The quantitative estimate of drug-likeness (QED) is 0.370. The zero-order chi connectivity index (χ0) is 25.8. The summed E-state index contributed by atoms with van der Waals surface area (Å²) in [5.74, 6) is -0.421. The van der Waals surface area contributed by atoms with Gasteiger partial charge in [-0.05, 0) is 80.8 Å². The van der Waals surface area contributed by atoms with Crippen molar-refractivity contribution in [3.63, 3.8) is 0 Å². The number of aliphatic imine (C=N–C) groups is 1. The third-order valence-electron chi connectivity index (χ3n) is 6.93. The highest BCUT2D eigenvalue weighted by Crippen LogP contribution is 2.26. The van der Waals surface area contributed by atoms with Crippen LogP contribution in [0.4, 0.5) is 5.69 Å². The van der Waals surface area contributed by atoms with Gasteiger partial charge < -0.3 is 15.1 Å². The number of benzene rings is 1. The average molecular weight is 498 g/mol. The molecule has 0 aliphatic carbocycles. The van der Waals surface area contributed by atoms with Crippen LogP contribution in [-0.4, -0.2) is 69.7 Å². The lowest BCUT2D eigenvalue weighted by Crippen LogP contribution is -2.28. The second kappa shape index (κ2) is 10.8. The van der Waals surface area contributed by atoms with Crippen LogP contribution in [-0.2, 0) is 0 Å². The zero-order valence-electron chi connectivity index (χ0n) is 21.0. The van der Waals surface area contributed by atoms with Gasteiger partial charge in [-0.2, -0.15) is 5.10 Å². The number of nitrogens with one attached hydrogen (secondary N) is 2. The fourth-order valence-corrected chi connectivity index (χ4v) is 4.88. The van der Waals surface area contributed by atoms with Crippen LogP contribution in [0.15, 0.2) is 59.5 Å². The number of nitrogens with zero attached hydrogens (tertiary/aromatic N) is 5. The maximum atomic E-state index is 13.1. The number of amides is 2. The minimum absolute atomic E-state index is 0.0729. The smallest absolute Gasteiger partial charge is 0.276 e. The lowest BCUT2D eigenvalue weighted by molar-refractivity contribution is 0.0787. The summed E-state index contributed by atoms with van der Waals surface area (Å²) in [6, 6.07) is 9.25. The molecule has 0 saturated carbocycles. The van der Waals surface area contributed by atoms with Gasteiger partial charge in [-0.25, -0.2) is 4.98 Å². The molecule has 2 aromatic heterocycles. The predicted octanol–water partition coefficient (Wildman–Crippen LogP) is 4.49. The highest BCUT2D eigenvalue weighted by atomic mass is 16.2. The summed E-state index contributed by atoms with van der Waals surface area (Å²) in [6.07, 6.45) is 9.81. The molecule has 37 heavy (non-hydrogen) atoms. The van der Waals surface area contributed by atoms with E-state index < -0.39 is 0 Å². The average Bonchev–Trinajstić information content (AvgIpc) is 3.70. The first kappa shape index (κ1) is 24.4. The fraction of sp³-hybridized carbons (Fsp3) is 0.321. The van der Waals surface area contributed by atoms with E-state index in [1.807, 2.05) is 30.0 Å². The van der Waals surface area contributed by atoms with Crippen LogP contribution in [0.5, 0.6) is 0 Å². The van der Waals surface area contributed by atoms with Crippen molar-refractivity contribution in [2.75, 3.05) is 31.5 Å². The number of carbonyl (C=O) groups is 2. The molecule has 9 nitrogen and oxygen atoms in total. The second-order valence-electron chi connectivity index (χ2n) is 9.48. The summed E-state index contributed by atoms with van der Waals surface area (Å²) in [7, 11) is 0. The number of carbonyl (C=O) groups excluding carboxylic acids is 2. The van der Waals surface area contributed by atoms with Gasteiger partial charge in [0.05, 0.1) is 23.1 Å². The molecule has 190 valence electrons. The van der Waals surface area contributed by atoms with Crippen molar-refractivity contribution in [1.29, 1.82) is 0 Å². The van der Waals surface area contributed by atoms with Crippen LogP contribution in [0.25, 0.3) is 16.5 Å². The molecule has 9 heteroatoms. The van der Waals surface area contributed by atoms with Crippen molar-refractivity contribution < 1.29 is 9.59 Å². The van der Waals surface area contributed by atoms with Gasteiger partial charge in [-0.3, -0.25) is 19.7 Å². The molecule has 1 aromatic carbocycles. The first-order chi connectivity index (χ1) is 18.0. The molecule has 2 N–H and O–H groups in total. The molecule has 2 aliphatic rings. The molecular weight excluding hydrogens is 466 g/mol. The van der Waals surface area contributed by atoms with Crippen molar-refractivity contribution in [3.8, 4) is 0 Å². The van der Waals surface area contributed by atoms with E-state index in [0.717, 1.165) is 66.8 Å². The Labute approximate surface area is 216 Å². The lowest BCUT2D eigenvalue weighted by Gasteiger charge is -2.19. The number of fused-ring (bicyclic) bond motifs is 1. The van der Waals surface area contributed by atoms with E-state index in [0.29, 0.717) is 17.1 Å². The van der Waals surface area contributed by atoms with E-state index in [1.165, 1.54) is 19.0 Å². The van der Waals surface area contributed by atoms with Crippen LogP contribution >= 0.6 is 0 Å². The summed E-state index contributed by atoms with van der Waals surface area (Å²) in [5, 5.41) is 10.8. The van der Waals surface area contributed by atoms with E-state index >= 15 is 0 Å². The molecule has 0 spiro atoms. The standard InChI is InChI=1S/C28H31N7O2/c1-19(15-22(18-29-2)34-11-3-4-12-34)20-7-9-24-23(16-20)26(33-32-24)27(36)31-21-8-10-25(30-17-21)28(37)35-13-5-6-14-35/h7-10,15-18H,2-6,11-14H2,1H3,(H,31,36)(H,32,33)/b19-15+,22-18+. The molecule has 0 atom stereocenters. The first-order valence-corrected chi connectivity index (χ1v) is 12.7. The number of hydrogen-bond acceptors (Lipinski definition) is 6. The second-order valence-corrected chi connectivity index (χ2v) is 9.48. The number of rotatable bonds is 7. The number of anilines is 1. The lowest BCUT2D eigenvalue weighted by atomic mass is 10.0. The maximum absolute atomic E-state index is 13.1. The monoisotopic (exact) mass is 497 g/mol. The first-order valence-electron chi connectivity index (χ1n) is 12.7. The van der Waals surface area contributed by atoms with Crippen LogP contribution in [0, 0.1) is 0 Å². The molecule has 2 amide bonds. The van der Waals surface area contributed by atoms with Crippen LogP contribution < -0.4 is 5.32 Å². The summed E-state index contributed by atoms with van der Waals surface area (Å²) < 4.78 is 0. The number of H-pyrrole nitrogens is 1. The normalized spacial score (nSPS) is 16.5. The Hall–Kier alpha value is -4.27. The number of allylic oxidation sites excluding steroid dienone is 2. The summed E-state index contributed by atoms with van der Waals surface area (Å²) in [6.45, 7) is 9.22. The largest absolute Gasteiger partial charge is 0.370 e. The summed E-state index contributed by atoms with van der Waals surface area (Å²) >= 11 is 0. The molecule has 2 saturated heterocycles. The van der Waals surface area contributed by atoms with Gasteiger partial charge in [0.1, 0.15) is 5.69 Å². The van der Waals surface area contributed by atoms with Crippen molar-refractivity contribution in [1.82, 2.24) is 25.0 Å². The molecule has 0 radical (unpaired) electrons. The molecule has 3 aromatic rings. The SMILES string of the molecule is C=N/C=C(\C=C(/C)c1ccc2[nH]nc(C(=O)Nc3ccc(C(=O)N4CCCC4)nc3)c2c1)N1CCCC1. The van der Waals surface area contributed by atoms with E-state index in [2.05, 4.69) is 43.2 Å². The Bertz CT molecular complexity index is 1380. The molecule has 0 unspecified atom stereocenters. The van der Waals surface area contributed by atoms with E-state index in [1.54, 1.807) is 18.3 Å². The number of aromatic amines is 1. The molecule has 5 rings (SSSR count). The zero-order valence-corrected chi connectivity index (χ0v) is 21.0. The number of likely N-dealkylation sites (tertiary alicyclic amines) is 2. The van der Waals surface area contributed by atoms with Crippen molar-refractivity contribution >= 4 is 40.7 Å². The van der Waals surface area contributed by atoms with Gasteiger partial charge in [0.15, 0.2) is 5.69 Å². The Kier molecular flexibility index (Phi) is 7.11. The maximum Gasteiger partial charge on any atom is 0.276 e. The van der Waals surface area contributed by atoms with Crippen molar-refractivity contribution in [3.05, 3.63) is 71.5 Å². The van der Waals surface area contributed by atoms with Crippen molar-refractivity contribution in [2.45, 2.75) is 32.6 Å². The number of hydrogen-bond donors (Lipinski definition) is 2. The Morgan fingerprint density at radius 2 is 1.78 bits per heavy atom. The number of pyridine rings is 1. The van der Waals surface area contributed by atoms with Crippen LogP contribution in [0.2, 0.25) is 0 Å². The highest BCUT2D eigenvalue weighted by molar-refractivity contribution is 6.11. The van der Waals surface area contributed by atoms with E-state index in [-0.39, 0.29) is 11.8 Å². The Balaban J connectivity index is 1.34. The Morgan fingerprint density at radius 1 is 1.05 bits per heavy atom. The minimum Gasteiger partial charge on any atom is -0.370 e. The van der Waals surface area contributed by atoms with E-state index in [4.69, 9.17) is 0 Å². The molecular formula is C28H31N7O2. The predicted molar refractivity (Wildman–Crippen MR) is 146 cm³/mol. The molecule has 2 aliphatic heterocycles. The summed E-state index contributed by atoms with van der Waals surface area (Å²) in [4.78, 5) is 38.0. The third-order valence-corrected chi connectivity index (χ3v) is 6.93. The van der Waals surface area contributed by atoms with Gasteiger partial charge in [-0.15, -0.1) is 0 Å². The Morgan fingerprint density at radius 3 is 2.46 bits per heavy atom. The topological polar surface area (TPSA) is 107 Å². The van der Waals surface area contributed by atoms with Crippen molar-refractivity contribution in [2.24, 2.45) is 4.99 Å². The third kappa shape index (κ3) is 5.30. The number of aromatic nitrogens is 3. The van der Waals surface area contributed by atoms with E-state index in [9.17, 15) is 9.59 Å². The minimum atomic E-state index is -0.348. The van der Waals surface area contributed by atoms with Crippen LogP contribution in [0.1, 0.15) is 59.1 Å². The van der Waals surface area contributed by atoms with Gasteiger partial charge in [0.2, 0.25) is 0 Å². The van der Waals surface area contributed by atoms with Crippen LogP contribution in [0.3, 0.4) is 0 Å². The highest BCUT2D eigenvalue weighted by Gasteiger charge is 2.21. The van der Waals surface area contributed by atoms with Gasteiger partial charge in [0, 0.05) is 37.8 Å². The summed E-state index contributed by atoms with van der Waals surface area (Å²) in [5.41, 5.74) is 5.03. The van der Waals surface area contributed by atoms with Gasteiger partial charge in [0.25, 0.3) is 11.8 Å². The van der Waals surface area contributed by atoms with Gasteiger partial charge in [-0.1, -0.05) is 6.07 Å². The molecule has 0 bridgehead atoms.